The van der Waals surface area contributed by atoms with Crippen molar-refractivity contribution < 1.29 is 23.4 Å². The number of alkyl halides is 3. The van der Waals surface area contributed by atoms with Gasteiger partial charge in [-0.2, -0.15) is 13.2 Å². The highest BCUT2D eigenvalue weighted by Gasteiger charge is 2.62. The van der Waals surface area contributed by atoms with E-state index in [4.69, 9.17) is 11.6 Å². The molecule has 1 heterocycles. The first-order valence-electron chi connectivity index (χ1n) is 10.2. The number of halogens is 4. The Kier molecular flexibility index (Phi) is 5.41. The number of anilines is 1. The van der Waals surface area contributed by atoms with Crippen LogP contribution in [0.15, 0.2) is 41.2 Å². The number of H-pyrrole nitrogens is 1. The highest BCUT2D eigenvalue weighted by Crippen LogP contribution is 2.56. The van der Waals surface area contributed by atoms with Crippen molar-refractivity contribution in [2.24, 2.45) is 0 Å². The number of hydrogen-bond acceptors (Lipinski definition) is 4. The van der Waals surface area contributed by atoms with Crippen LogP contribution >= 0.6 is 11.6 Å². The summed E-state index contributed by atoms with van der Waals surface area (Å²) in [7, 11) is 0. The van der Waals surface area contributed by atoms with E-state index in [1.807, 2.05) is 0 Å². The molecule has 1 aromatic heterocycles. The lowest BCUT2D eigenvalue weighted by atomic mass is 9.68. The van der Waals surface area contributed by atoms with E-state index in [0.29, 0.717) is 34.1 Å². The van der Waals surface area contributed by atoms with E-state index in [1.54, 1.807) is 32.0 Å². The average molecular weight is 467 g/mol. The molecule has 2 aromatic carbocycles. The monoisotopic (exact) mass is 466 g/mol. The van der Waals surface area contributed by atoms with Crippen molar-refractivity contribution in [3.8, 4) is 5.75 Å². The van der Waals surface area contributed by atoms with Gasteiger partial charge in [-0.15, -0.1) is 0 Å². The first-order valence-corrected chi connectivity index (χ1v) is 10.5. The first-order chi connectivity index (χ1) is 15.0. The summed E-state index contributed by atoms with van der Waals surface area (Å²) in [6.45, 7) is 3.31. The van der Waals surface area contributed by atoms with Crippen LogP contribution in [-0.4, -0.2) is 27.0 Å². The fraction of sp³-hybridized carbons (Fsp3) is 0.348. The number of nitrogens with one attached hydrogen (secondary N) is 2. The molecule has 170 valence electrons. The van der Waals surface area contributed by atoms with Gasteiger partial charge in [-0.05, 0) is 55.5 Å². The summed E-state index contributed by atoms with van der Waals surface area (Å²) in [4.78, 5) is 14.3. The third kappa shape index (κ3) is 3.42. The number of phenolic OH excluding ortho intramolecular Hbond substituents is 1. The summed E-state index contributed by atoms with van der Waals surface area (Å²) in [5.41, 5.74) is -1.90. The molecule has 3 atom stereocenters. The molecule has 0 saturated carbocycles. The smallest absolute Gasteiger partial charge is 0.419 e. The van der Waals surface area contributed by atoms with Gasteiger partial charge in [0.05, 0.1) is 11.6 Å². The lowest BCUT2D eigenvalue weighted by molar-refractivity contribution is -0.272. The minimum Gasteiger partial charge on any atom is -0.507 e. The van der Waals surface area contributed by atoms with Gasteiger partial charge in [0, 0.05) is 33.3 Å². The van der Waals surface area contributed by atoms with Gasteiger partial charge in [0.25, 0.3) is 0 Å². The van der Waals surface area contributed by atoms with E-state index in [2.05, 4.69) is 10.3 Å². The Labute approximate surface area is 186 Å². The number of hydrogen-bond donors (Lipinski definition) is 4. The zero-order valence-electron chi connectivity index (χ0n) is 17.3. The maximum Gasteiger partial charge on any atom is 0.419 e. The van der Waals surface area contributed by atoms with Crippen LogP contribution in [0.25, 0.3) is 10.9 Å². The highest BCUT2D eigenvalue weighted by atomic mass is 35.5. The van der Waals surface area contributed by atoms with Crippen molar-refractivity contribution in [3.63, 3.8) is 0 Å². The van der Waals surface area contributed by atoms with Gasteiger partial charge >= 0.3 is 6.18 Å². The second-order valence-electron chi connectivity index (χ2n) is 8.23. The average Bonchev–Trinajstić information content (AvgIpc) is 2.72. The molecular formula is C23H22ClF3N2O3. The molecule has 4 rings (SSSR count). The zero-order valence-corrected chi connectivity index (χ0v) is 18.1. The Hall–Kier alpha value is -2.71. The lowest BCUT2D eigenvalue weighted by Gasteiger charge is -2.46. The van der Waals surface area contributed by atoms with Crippen LogP contribution in [0, 0.1) is 6.92 Å². The molecule has 0 bridgehead atoms. The first kappa shape index (κ1) is 22.5. The van der Waals surface area contributed by atoms with Crippen LogP contribution in [0.4, 0.5) is 18.9 Å². The molecule has 0 fully saturated rings. The number of aliphatic hydroxyl groups is 1. The number of aromatic hydroxyl groups is 1. The number of aromatic amines is 1. The SMILES string of the molecule is CC[C@H]1C[C@@](O)(C(F)(F)F)[C@H](Nc2cccc3[nH]c(=O)ccc23)c2cc(Cl)c(C)c(O)c21. The summed E-state index contributed by atoms with van der Waals surface area (Å²) in [6, 6.07) is 7.31. The Morgan fingerprint density at radius 2 is 2.00 bits per heavy atom. The quantitative estimate of drug-likeness (QED) is 0.408. The molecule has 5 nitrogen and oxygen atoms in total. The minimum absolute atomic E-state index is 0.0949. The molecule has 4 N–H and O–H groups in total. The summed E-state index contributed by atoms with van der Waals surface area (Å²) in [5, 5.41) is 25.3. The van der Waals surface area contributed by atoms with Crippen LogP contribution < -0.4 is 10.9 Å². The molecule has 0 radical (unpaired) electrons. The van der Waals surface area contributed by atoms with E-state index in [9.17, 15) is 28.2 Å². The molecule has 0 spiro atoms. The van der Waals surface area contributed by atoms with Crippen LogP contribution in [0.2, 0.25) is 5.02 Å². The molecular weight excluding hydrogens is 445 g/mol. The summed E-state index contributed by atoms with van der Waals surface area (Å²) in [6.07, 6.45) is -5.28. The molecule has 0 saturated heterocycles. The maximum atomic E-state index is 14.3. The topological polar surface area (TPSA) is 85.4 Å². The van der Waals surface area contributed by atoms with E-state index in [0.717, 1.165) is 0 Å². The number of aromatic nitrogens is 1. The maximum absolute atomic E-state index is 14.3. The summed E-state index contributed by atoms with van der Waals surface area (Å²) >= 11 is 6.24. The van der Waals surface area contributed by atoms with Crippen molar-refractivity contribution in [2.75, 3.05) is 5.32 Å². The van der Waals surface area contributed by atoms with Crippen LogP contribution in [0.5, 0.6) is 5.75 Å². The van der Waals surface area contributed by atoms with Crippen molar-refractivity contribution in [3.05, 3.63) is 68.5 Å². The standard InChI is InChI=1S/C23H22ClF3N2O3/c1-3-12-10-22(32,23(25,26)27)21(14-9-15(24)11(2)20(31)19(12)14)29-17-6-4-5-16-13(17)7-8-18(30)28-16/h4-9,12,21,29,31-32H,3,10H2,1-2H3,(H,28,30)/t12-,21+,22-/m0/s1. The molecule has 1 aliphatic carbocycles. The Morgan fingerprint density at radius 1 is 1.28 bits per heavy atom. The molecule has 32 heavy (non-hydrogen) atoms. The van der Waals surface area contributed by atoms with Crippen LogP contribution in [0.3, 0.4) is 0 Å². The van der Waals surface area contributed by atoms with E-state index >= 15 is 0 Å². The number of pyridine rings is 1. The van der Waals surface area contributed by atoms with Crippen molar-refractivity contribution >= 4 is 28.2 Å². The van der Waals surface area contributed by atoms with Gasteiger partial charge in [0.1, 0.15) is 5.75 Å². The van der Waals surface area contributed by atoms with Crippen molar-refractivity contribution in [1.29, 1.82) is 0 Å². The predicted octanol–water partition coefficient (Wildman–Crippen LogP) is 5.54. The van der Waals surface area contributed by atoms with Gasteiger partial charge in [-0.25, -0.2) is 0 Å². The van der Waals surface area contributed by atoms with Gasteiger partial charge in [0.2, 0.25) is 5.56 Å². The molecule has 1 aliphatic rings. The van der Waals surface area contributed by atoms with E-state index in [-0.39, 0.29) is 21.9 Å². The molecule has 3 aromatic rings. The minimum atomic E-state index is -4.96. The normalized spacial score (nSPS) is 23.2. The summed E-state index contributed by atoms with van der Waals surface area (Å²) in [5.74, 6) is -0.868. The second kappa shape index (κ2) is 7.71. The number of rotatable bonds is 3. The van der Waals surface area contributed by atoms with Crippen LogP contribution in [0.1, 0.15) is 48.4 Å². The molecule has 9 heteroatoms. The second-order valence-corrected chi connectivity index (χ2v) is 8.64. The third-order valence-corrected chi connectivity index (χ3v) is 6.76. The fourth-order valence-corrected chi connectivity index (χ4v) is 4.80. The number of phenols is 1. The zero-order chi connectivity index (χ0) is 23.4. The molecule has 0 unspecified atom stereocenters. The van der Waals surface area contributed by atoms with Crippen molar-refractivity contribution in [1.82, 2.24) is 4.98 Å². The van der Waals surface area contributed by atoms with E-state index < -0.39 is 30.2 Å². The Bertz CT molecular complexity index is 1260. The van der Waals surface area contributed by atoms with Crippen LogP contribution in [-0.2, 0) is 0 Å². The largest absolute Gasteiger partial charge is 0.507 e. The Balaban J connectivity index is 1.97. The predicted molar refractivity (Wildman–Crippen MR) is 117 cm³/mol. The van der Waals surface area contributed by atoms with Gasteiger partial charge in [-0.1, -0.05) is 24.6 Å². The van der Waals surface area contributed by atoms with Crippen molar-refractivity contribution in [2.45, 2.75) is 50.4 Å². The van der Waals surface area contributed by atoms with Gasteiger partial charge in [-0.3, -0.25) is 4.79 Å². The highest BCUT2D eigenvalue weighted by molar-refractivity contribution is 6.31. The van der Waals surface area contributed by atoms with Gasteiger partial charge < -0.3 is 20.5 Å². The Morgan fingerprint density at radius 3 is 2.66 bits per heavy atom. The summed E-state index contributed by atoms with van der Waals surface area (Å²) < 4.78 is 42.9. The third-order valence-electron chi connectivity index (χ3n) is 6.37. The van der Waals surface area contributed by atoms with E-state index in [1.165, 1.54) is 18.2 Å². The number of fused-ring (bicyclic) bond motifs is 2. The van der Waals surface area contributed by atoms with Gasteiger partial charge in [0.15, 0.2) is 5.60 Å². The lowest BCUT2D eigenvalue weighted by Crippen LogP contribution is -2.55. The number of benzene rings is 2. The molecule has 0 amide bonds. The fourth-order valence-electron chi connectivity index (χ4n) is 4.59. The molecule has 0 aliphatic heterocycles.